The second-order valence-corrected chi connectivity index (χ2v) is 4.87. The third-order valence-electron chi connectivity index (χ3n) is 1.36. The number of hydrogen-bond donors (Lipinski definition) is 1. The van der Waals surface area contributed by atoms with Crippen LogP contribution in [0.25, 0.3) is 0 Å². The van der Waals surface area contributed by atoms with E-state index in [4.69, 9.17) is 0 Å². The zero-order valence-electron chi connectivity index (χ0n) is 7.73. The molecule has 1 heterocycles. The molecule has 1 N–H and O–H groups in total. The van der Waals surface area contributed by atoms with Gasteiger partial charge in [0.2, 0.25) is 0 Å². The summed E-state index contributed by atoms with van der Waals surface area (Å²) in [5, 5.41) is 9.95. The van der Waals surface area contributed by atoms with Gasteiger partial charge in [-0.3, -0.25) is 4.21 Å². The first-order valence-electron chi connectivity index (χ1n) is 4.01. The van der Waals surface area contributed by atoms with Gasteiger partial charge in [-0.1, -0.05) is 6.07 Å². The molecule has 0 aliphatic rings. The highest BCUT2D eigenvalue weighted by molar-refractivity contribution is 7.85. The fourth-order valence-electron chi connectivity index (χ4n) is 0.877. The summed E-state index contributed by atoms with van der Waals surface area (Å²) in [6.45, 7) is 3.27. The average molecular weight is 199 g/mol. The summed E-state index contributed by atoms with van der Waals surface area (Å²) in [5.41, 5.74) is -0.914. The van der Waals surface area contributed by atoms with Gasteiger partial charge in [0, 0.05) is 6.20 Å². The Morgan fingerprint density at radius 1 is 1.54 bits per heavy atom. The first kappa shape index (κ1) is 10.3. The predicted octanol–water partition coefficient (Wildman–Crippen LogP) is 0.960. The smallest absolute Gasteiger partial charge is 0.127 e. The molecule has 4 heteroatoms. The van der Waals surface area contributed by atoms with Crippen LogP contribution in [0.4, 0.5) is 0 Å². The number of aliphatic hydroxyl groups is 1. The minimum atomic E-state index is -1.21. The molecule has 13 heavy (non-hydrogen) atoms. The van der Waals surface area contributed by atoms with Crippen LogP contribution in [0.5, 0.6) is 0 Å². The van der Waals surface area contributed by atoms with E-state index in [0.717, 1.165) is 0 Å². The third-order valence-corrected chi connectivity index (χ3v) is 3.03. The van der Waals surface area contributed by atoms with E-state index < -0.39 is 16.4 Å². The molecule has 1 atom stereocenters. The molecule has 0 spiro atoms. The van der Waals surface area contributed by atoms with Gasteiger partial charge in [0.15, 0.2) is 0 Å². The van der Waals surface area contributed by atoms with Crippen LogP contribution >= 0.6 is 0 Å². The lowest BCUT2D eigenvalue weighted by Crippen LogP contribution is -2.27. The summed E-state index contributed by atoms with van der Waals surface area (Å²) >= 11 is 0. The third kappa shape index (κ3) is 3.65. The number of pyridine rings is 1. The topological polar surface area (TPSA) is 50.2 Å². The van der Waals surface area contributed by atoms with E-state index in [-0.39, 0.29) is 5.75 Å². The van der Waals surface area contributed by atoms with E-state index in [9.17, 15) is 9.32 Å². The van der Waals surface area contributed by atoms with Crippen molar-refractivity contribution in [2.75, 3.05) is 5.75 Å². The molecule has 0 saturated heterocycles. The van der Waals surface area contributed by atoms with Crippen LogP contribution in [0.3, 0.4) is 0 Å². The molecule has 0 amide bonds. The largest absolute Gasteiger partial charge is 0.389 e. The van der Waals surface area contributed by atoms with Crippen molar-refractivity contribution < 1.29 is 9.32 Å². The fraction of sp³-hybridized carbons (Fsp3) is 0.444. The van der Waals surface area contributed by atoms with Gasteiger partial charge in [-0.05, 0) is 26.0 Å². The van der Waals surface area contributed by atoms with Crippen molar-refractivity contribution in [3.63, 3.8) is 0 Å². The van der Waals surface area contributed by atoms with E-state index in [1.165, 1.54) is 0 Å². The van der Waals surface area contributed by atoms with Crippen LogP contribution in [0.2, 0.25) is 0 Å². The molecule has 0 bridgehead atoms. The minimum Gasteiger partial charge on any atom is -0.389 e. The molecule has 0 radical (unpaired) electrons. The van der Waals surface area contributed by atoms with E-state index in [2.05, 4.69) is 4.98 Å². The first-order chi connectivity index (χ1) is 5.99. The monoisotopic (exact) mass is 199 g/mol. The van der Waals surface area contributed by atoms with E-state index >= 15 is 0 Å². The zero-order chi connectivity index (χ0) is 9.90. The van der Waals surface area contributed by atoms with E-state index in [1.54, 1.807) is 38.2 Å². The number of aromatic nitrogens is 1. The van der Waals surface area contributed by atoms with Crippen molar-refractivity contribution >= 4 is 10.8 Å². The molecule has 72 valence electrons. The van der Waals surface area contributed by atoms with Crippen molar-refractivity contribution in [3.05, 3.63) is 24.4 Å². The number of nitrogens with zero attached hydrogens (tertiary/aromatic N) is 1. The van der Waals surface area contributed by atoms with Gasteiger partial charge in [0.1, 0.15) is 5.03 Å². The van der Waals surface area contributed by atoms with Crippen LogP contribution < -0.4 is 0 Å². The van der Waals surface area contributed by atoms with E-state index in [1.807, 2.05) is 0 Å². The van der Waals surface area contributed by atoms with Crippen LogP contribution in [-0.4, -0.2) is 25.7 Å². The zero-order valence-corrected chi connectivity index (χ0v) is 8.54. The first-order valence-corrected chi connectivity index (χ1v) is 5.33. The quantitative estimate of drug-likeness (QED) is 0.789. The highest BCUT2D eigenvalue weighted by Gasteiger charge is 2.18. The molecular weight excluding hydrogens is 186 g/mol. The van der Waals surface area contributed by atoms with Crippen molar-refractivity contribution in [1.29, 1.82) is 0 Å². The molecule has 3 nitrogen and oxygen atoms in total. The summed E-state index contributed by atoms with van der Waals surface area (Å²) in [6, 6.07) is 5.25. The predicted molar refractivity (Wildman–Crippen MR) is 51.8 cm³/mol. The summed E-state index contributed by atoms with van der Waals surface area (Å²) < 4.78 is 11.5. The molecule has 1 rings (SSSR count). The molecular formula is C9H13NO2S. The maximum atomic E-state index is 11.5. The maximum Gasteiger partial charge on any atom is 0.127 e. The van der Waals surface area contributed by atoms with Crippen LogP contribution in [0, 0.1) is 0 Å². The Morgan fingerprint density at radius 3 is 2.69 bits per heavy atom. The summed E-state index contributed by atoms with van der Waals surface area (Å²) in [4.78, 5) is 3.95. The molecule has 1 unspecified atom stereocenters. The second-order valence-electron chi connectivity index (χ2n) is 3.47. The Balaban J connectivity index is 2.71. The van der Waals surface area contributed by atoms with Gasteiger partial charge in [0.05, 0.1) is 22.2 Å². The van der Waals surface area contributed by atoms with Gasteiger partial charge < -0.3 is 5.11 Å². The van der Waals surface area contributed by atoms with Crippen molar-refractivity contribution in [1.82, 2.24) is 4.98 Å². The number of hydrogen-bond acceptors (Lipinski definition) is 3. The van der Waals surface area contributed by atoms with Gasteiger partial charge in [-0.2, -0.15) is 0 Å². The Labute approximate surface area is 80.3 Å². The molecule has 0 saturated carbocycles. The lowest BCUT2D eigenvalue weighted by molar-refractivity contribution is 0.106. The Bertz CT molecular complexity index is 292. The number of rotatable bonds is 3. The maximum absolute atomic E-state index is 11.5. The average Bonchev–Trinajstić information content (AvgIpc) is 2.03. The summed E-state index contributed by atoms with van der Waals surface area (Å²) in [6.07, 6.45) is 1.59. The standard InChI is InChI=1S/C9H13NO2S/c1-9(2,11)7-13(12)8-5-3-4-6-10-8/h3-6,11H,7H2,1-2H3. The lowest BCUT2D eigenvalue weighted by atomic mass is 10.2. The second kappa shape index (κ2) is 3.98. The van der Waals surface area contributed by atoms with Crippen LogP contribution in [0.1, 0.15) is 13.8 Å². The molecule has 1 aromatic heterocycles. The van der Waals surface area contributed by atoms with Gasteiger partial charge in [-0.25, -0.2) is 4.98 Å². The molecule has 1 aromatic rings. The highest BCUT2D eigenvalue weighted by Crippen LogP contribution is 2.09. The van der Waals surface area contributed by atoms with Gasteiger partial charge in [-0.15, -0.1) is 0 Å². The van der Waals surface area contributed by atoms with Crippen molar-refractivity contribution in [2.45, 2.75) is 24.5 Å². The Kier molecular flexibility index (Phi) is 3.17. The summed E-state index contributed by atoms with van der Waals surface area (Å²) in [5.74, 6) is 0.212. The molecule has 0 fully saturated rings. The van der Waals surface area contributed by atoms with Crippen molar-refractivity contribution in [2.24, 2.45) is 0 Å². The molecule has 0 aromatic carbocycles. The van der Waals surface area contributed by atoms with Gasteiger partial charge in [0.25, 0.3) is 0 Å². The normalized spacial score (nSPS) is 14.1. The fourth-order valence-corrected chi connectivity index (χ4v) is 2.07. The minimum absolute atomic E-state index is 0.212. The molecule has 0 aliphatic heterocycles. The Hall–Kier alpha value is -0.740. The van der Waals surface area contributed by atoms with Crippen LogP contribution in [0.15, 0.2) is 29.4 Å². The SMILES string of the molecule is CC(C)(O)CS(=O)c1ccccn1. The molecule has 0 aliphatic carbocycles. The van der Waals surface area contributed by atoms with Crippen LogP contribution in [-0.2, 0) is 10.8 Å². The highest BCUT2D eigenvalue weighted by atomic mass is 32.2. The van der Waals surface area contributed by atoms with E-state index in [0.29, 0.717) is 5.03 Å². The van der Waals surface area contributed by atoms with Crippen molar-refractivity contribution in [3.8, 4) is 0 Å². The Morgan fingerprint density at radius 2 is 2.23 bits per heavy atom. The summed E-state index contributed by atoms with van der Waals surface area (Å²) in [7, 11) is -1.21. The van der Waals surface area contributed by atoms with Gasteiger partial charge >= 0.3 is 0 Å². The lowest BCUT2D eigenvalue weighted by Gasteiger charge is -2.15.